The van der Waals surface area contributed by atoms with Crippen molar-refractivity contribution in [3.8, 4) is 5.82 Å². The fourth-order valence-electron chi connectivity index (χ4n) is 1.91. The van der Waals surface area contributed by atoms with E-state index >= 15 is 0 Å². The molecule has 100 valence electrons. The minimum atomic E-state index is 0.750. The van der Waals surface area contributed by atoms with E-state index in [-0.39, 0.29) is 0 Å². The van der Waals surface area contributed by atoms with E-state index in [1.807, 2.05) is 44.3 Å². The fourth-order valence-corrected chi connectivity index (χ4v) is 2.84. The van der Waals surface area contributed by atoms with Crippen LogP contribution in [0.25, 0.3) is 5.82 Å². The second kappa shape index (κ2) is 5.46. The van der Waals surface area contributed by atoms with Crippen molar-refractivity contribution in [2.24, 2.45) is 0 Å². The van der Waals surface area contributed by atoms with Crippen LogP contribution in [0.5, 0.6) is 0 Å². The quantitative estimate of drug-likeness (QED) is 0.690. The average Bonchev–Trinajstić information content (AvgIpc) is 2.97. The van der Waals surface area contributed by atoms with Crippen molar-refractivity contribution in [2.75, 3.05) is 0 Å². The van der Waals surface area contributed by atoms with Crippen molar-refractivity contribution in [3.63, 3.8) is 0 Å². The van der Waals surface area contributed by atoms with Gasteiger partial charge in [-0.3, -0.25) is 0 Å². The maximum atomic E-state index is 4.55. The maximum absolute atomic E-state index is 4.55. The zero-order chi connectivity index (χ0) is 13.9. The zero-order valence-electron chi connectivity index (χ0n) is 11.3. The van der Waals surface area contributed by atoms with Gasteiger partial charge in [0.2, 0.25) is 0 Å². The molecule has 3 rings (SSSR count). The van der Waals surface area contributed by atoms with Crippen molar-refractivity contribution in [3.05, 3.63) is 60.2 Å². The predicted octanol–water partition coefficient (Wildman–Crippen LogP) is 3.43. The Hall–Kier alpha value is -2.14. The van der Waals surface area contributed by atoms with Gasteiger partial charge in [-0.15, -0.1) is 0 Å². The summed E-state index contributed by atoms with van der Waals surface area (Å²) < 4.78 is 1.78. The summed E-state index contributed by atoms with van der Waals surface area (Å²) in [5, 5.41) is 5.22. The molecular weight excluding hydrogens is 268 g/mol. The predicted molar refractivity (Wildman–Crippen MR) is 79.2 cm³/mol. The minimum absolute atomic E-state index is 0.750. The van der Waals surface area contributed by atoms with Gasteiger partial charge in [-0.1, -0.05) is 30.0 Å². The van der Waals surface area contributed by atoms with Crippen molar-refractivity contribution >= 4 is 11.8 Å². The highest BCUT2D eigenvalue weighted by Crippen LogP contribution is 2.30. The summed E-state index contributed by atoms with van der Waals surface area (Å²) in [5.74, 6) is 1.58. The van der Waals surface area contributed by atoms with E-state index in [0.29, 0.717) is 0 Å². The molecule has 0 fully saturated rings. The largest absolute Gasteiger partial charge is 0.226 e. The number of hydrogen-bond acceptors (Lipinski definition) is 4. The van der Waals surface area contributed by atoms with Gasteiger partial charge < -0.3 is 0 Å². The molecule has 0 saturated carbocycles. The molecular formula is C15H14N4S. The van der Waals surface area contributed by atoms with Crippen LogP contribution in [0.2, 0.25) is 0 Å². The third kappa shape index (κ3) is 2.58. The van der Waals surface area contributed by atoms with E-state index in [1.54, 1.807) is 22.6 Å². The van der Waals surface area contributed by atoms with Gasteiger partial charge in [0.15, 0.2) is 5.82 Å². The molecule has 20 heavy (non-hydrogen) atoms. The van der Waals surface area contributed by atoms with Crippen LogP contribution >= 0.6 is 11.8 Å². The summed E-state index contributed by atoms with van der Waals surface area (Å²) in [5.41, 5.74) is 1.04. The highest BCUT2D eigenvalue weighted by atomic mass is 32.2. The van der Waals surface area contributed by atoms with E-state index in [2.05, 4.69) is 27.2 Å². The fraction of sp³-hybridized carbons (Fsp3) is 0.133. The molecule has 0 unspecified atom stereocenters. The lowest BCUT2D eigenvalue weighted by Crippen LogP contribution is -2.05. The van der Waals surface area contributed by atoms with Gasteiger partial charge in [0, 0.05) is 22.9 Å². The Labute approximate surface area is 121 Å². The van der Waals surface area contributed by atoms with Crippen LogP contribution in [0.3, 0.4) is 0 Å². The van der Waals surface area contributed by atoms with Crippen LogP contribution in [-0.4, -0.2) is 19.7 Å². The molecule has 1 aromatic carbocycles. The molecule has 0 N–H and O–H groups in total. The lowest BCUT2D eigenvalue weighted by molar-refractivity contribution is 0.796. The maximum Gasteiger partial charge on any atom is 0.161 e. The number of rotatable bonds is 3. The first-order valence-corrected chi connectivity index (χ1v) is 7.14. The summed E-state index contributed by atoms with van der Waals surface area (Å²) in [4.78, 5) is 10.2. The first kappa shape index (κ1) is 12.9. The molecule has 5 heteroatoms. The Morgan fingerprint density at radius 2 is 1.80 bits per heavy atom. The number of aromatic nitrogens is 4. The van der Waals surface area contributed by atoms with Gasteiger partial charge in [-0.2, -0.15) is 5.10 Å². The summed E-state index contributed by atoms with van der Waals surface area (Å²) in [7, 11) is 0. The van der Waals surface area contributed by atoms with Gasteiger partial charge in [0.25, 0.3) is 0 Å². The smallest absolute Gasteiger partial charge is 0.161 e. The second-order valence-electron chi connectivity index (χ2n) is 4.39. The molecule has 0 spiro atoms. The Kier molecular flexibility index (Phi) is 3.52. The van der Waals surface area contributed by atoms with Crippen LogP contribution in [0.1, 0.15) is 11.4 Å². The van der Waals surface area contributed by atoms with Gasteiger partial charge in [0.1, 0.15) is 10.9 Å². The number of benzene rings is 1. The lowest BCUT2D eigenvalue weighted by Gasteiger charge is -2.10. The van der Waals surface area contributed by atoms with E-state index in [9.17, 15) is 0 Å². The first-order chi connectivity index (χ1) is 9.74. The average molecular weight is 282 g/mol. The van der Waals surface area contributed by atoms with Crippen LogP contribution in [0, 0.1) is 13.8 Å². The standard InChI is InChI=1S/C15H14N4S/c1-11-14(19-10-6-9-16-19)17-12(2)18-15(11)20-13-7-4-3-5-8-13/h3-10H,1-2H3. The molecule has 2 aromatic heterocycles. The van der Waals surface area contributed by atoms with Crippen molar-refractivity contribution in [1.82, 2.24) is 19.7 Å². The van der Waals surface area contributed by atoms with E-state index in [1.165, 1.54) is 4.90 Å². The van der Waals surface area contributed by atoms with Crippen LogP contribution in [-0.2, 0) is 0 Å². The molecule has 0 bridgehead atoms. The van der Waals surface area contributed by atoms with Crippen LogP contribution in [0.4, 0.5) is 0 Å². The van der Waals surface area contributed by atoms with Crippen LogP contribution < -0.4 is 0 Å². The second-order valence-corrected chi connectivity index (χ2v) is 5.45. The highest BCUT2D eigenvalue weighted by Gasteiger charge is 2.12. The van der Waals surface area contributed by atoms with E-state index < -0.39 is 0 Å². The molecule has 0 aliphatic carbocycles. The third-order valence-electron chi connectivity index (χ3n) is 2.87. The zero-order valence-corrected chi connectivity index (χ0v) is 12.1. The Balaban J connectivity index is 2.04. The Bertz CT molecular complexity index is 708. The molecule has 0 amide bonds. The lowest BCUT2D eigenvalue weighted by atomic mass is 10.3. The Morgan fingerprint density at radius 1 is 1.00 bits per heavy atom. The highest BCUT2D eigenvalue weighted by molar-refractivity contribution is 7.99. The topological polar surface area (TPSA) is 43.6 Å². The molecule has 2 heterocycles. The summed E-state index contributed by atoms with van der Waals surface area (Å²) >= 11 is 1.65. The van der Waals surface area contributed by atoms with Gasteiger partial charge in [-0.05, 0) is 32.0 Å². The molecule has 4 nitrogen and oxygen atoms in total. The third-order valence-corrected chi connectivity index (χ3v) is 3.97. The number of nitrogens with zero attached hydrogens (tertiary/aromatic N) is 4. The molecule has 0 aliphatic rings. The molecule has 0 aliphatic heterocycles. The molecule has 0 atom stereocenters. The summed E-state index contributed by atoms with van der Waals surface area (Å²) in [6.45, 7) is 3.93. The van der Waals surface area contributed by atoms with Crippen molar-refractivity contribution in [2.45, 2.75) is 23.8 Å². The van der Waals surface area contributed by atoms with E-state index in [4.69, 9.17) is 0 Å². The SMILES string of the molecule is Cc1nc(Sc2ccccc2)c(C)c(-n2cccn2)n1. The Morgan fingerprint density at radius 3 is 2.50 bits per heavy atom. The summed E-state index contributed by atoms with van der Waals surface area (Å²) in [6, 6.07) is 12.1. The molecule has 0 radical (unpaired) electrons. The normalized spacial score (nSPS) is 10.7. The van der Waals surface area contributed by atoms with Gasteiger partial charge in [-0.25, -0.2) is 14.6 Å². The van der Waals surface area contributed by atoms with Crippen molar-refractivity contribution < 1.29 is 0 Å². The summed E-state index contributed by atoms with van der Waals surface area (Å²) in [6.07, 6.45) is 3.65. The van der Waals surface area contributed by atoms with Gasteiger partial charge >= 0.3 is 0 Å². The van der Waals surface area contributed by atoms with E-state index in [0.717, 1.165) is 22.2 Å². The monoisotopic (exact) mass is 282 g/mol. The van der Waals surface area contributed by atoms with Crippen molar-refractivity contribution in [1.29, 1.82) is 0 Å². The number of hydrogen-bond donors (Lipinski definition) is 0. The first-order valence-electron chi connectivity index (χ1n) is 6.32. The molecule has 3 aromatic rings. The molecule has 0 saturated heterocycles. The van der Waals surface area contributed by atoms with Crippen LogP contribution in [0.15, 0.2) is 58.7 Å². The minimum Gasteiger partial charge on any atom is -0.226 e. The van der Waals surface area contributed by atoms with Gasteiger partial charge in [0.05, 0.1) is 0 Å². The number of aryl methyl sites for hydroxylation is 1.